The smallest absolute Gasteiger partial charge is 0.246 e. The van der Waals surface area contributed by atoms with Crippen LogP contribution in [0.4, 0.5) is 0 Å². The van der Waals surface area contributed by atoms with Crippen LogP contribution >= 0.6 is 0 Å². The maximum absolute atomic E-state index is 14.5. The lowest BCUT2D eigenvalue weighted by Gasteiger charge is -2.33. The lowest BCUT2D eigenvalue weighted by molar-refractivity contribution is -0.143. The Morgan fingerprint density at radius 2 is 1.41 bits per heavy atom. The second-order valence-corrected chi connectivity index (χ2v) is 12.4. The van der Waals surface area contributed by atoms with Gasteiger partial charge in [-0.15, -0.1) is 0 Å². The summed E-state index contributed by atoms with van der Waals surface area (Å²) in [4.78, 5) is 55.7. The molecule has 0 aromatic heterocycles. The molecule has 9 nitrogen and oxygen atoms in total. The molecule has 242 valence electrons. The Balaban J connectivity index is 1.38. The van der Waals surface area contributed by atoms with Crippen LogP contribution in [0.25, 0.3) is 0 Å². The van der Waals surface area contributed by atoms with Crippen LogP contribution < -0.4 is 21.3 Å². The Kier molecular flexibility index (Phi) is 11.2. The van der Waals surface area contributed by atoms with Gasteiger partial charge in [-0.1, -0.05) is 91.0 Å². The number of hydrogen-bond donors (Lipinski definition) is 4. The molecule has 0 aliphatic carbocycles. The minimum atomic E-state index is -0.815. The van der Waals surface area contributed by atoms with Crippen molar-refractivity contribution in [1.82, 2.24) is 26.2 Å². The monoisotopic (exact) mass is 623 g/mol. The van der Waals surface area contributed by atoms with Gasteiger partial charge in [0.05, 0.1) is 12.1 Å². The zero-order valence-electron chi connectivity index (χ0n) is 26.7. The summed E-state index contributed by atoms with van der Waals surface area (Å²) in [6.45, 7) is 1.87. The van der Waals surface area contributed by atoms with E-state index in [-0.39, 0.29) is 41.6 Å². The minimum Gasteiger partial charge on any atom is -0.356 e. The number of likely N-dealkylation sites (N-methyl/N-ethyl adjacent to an activating group) is 1. The molecule has 4 amide bonds. The van der Waals surface area contributed by atoms with Gasteiger partial charge in [0, 0.05) is 19.5 Å². The lowest BCUT2D eigenvalue weighted by Crippen LogP contribution is -2.58. The van der Waals surface area contributed by atoms with Crippen molar-refractivity contribution in [3.8, 4) is 0 Å². The van der Waals surface area contributed by atoms with Crippen LogP contribution in [0.5, 0.6) is 0 Å². The molecule has 2 heterocycles. The van der Waals surface area contributed by atoms with Crippen molar-refractivity contribution in [3.63, 3.8) is 0 Å². The summed E-state index contributed by atoms with van der Waals surface area (Å²) in [6.07, 6.45) is 3.72. The van der Waals surface area contributed by atoms with Crippen molar-refractivity contribution in [1.29, 1.82) is 0 Å². The lowest BCUT2D eigenvalue weighted by atomic mass is 9.90. The molecule has 0 saturated carbocycles. The fraction of sp³-hybridized carbons (Fsp3) is 0.405. The van der Waals surface area contributed by atoms with Crippen molar-refractivity contribution >= 4 is 23.6 Å². The van der Waals surface area contributed by atoms with Gasteiger partial charge in [0.1, 0.15) is 12.1 Å². The first kappa shape index (κ1) is 32.9. The number of nitrogens with zero attached hydrogens (tertiary/aromatic N) is 1. The summed E-state index contributed by atoms with van der Waals surface area (Å²) in [5.41, 5.74) is 2.92. The maximum atomic E-state index is 14.5. The zero-order chi connectivity index (χ0) is 32.5. The van der Waals surface area contributed by atoms with E-state index in [1.165, 1.54) is 6.92 Å². The summed E-state index contributed by atoms with van der Waals surface area (Å²) >= 11 is 0. The van der Waals surface area contributed by atoms with Crippen LogP contribution in [-0.4, -0.2) is 66.3 Å². The number of rotatable bonds is 12. The average Bonchev–Trinajstić information content (AvgIpc) is 3.46. The molecule has 2 aliphatic rings. The molecule has 2 aliphatic heterocycles. The molecule has 3 unspecified atom stereocenters. The highest BCUT2D eigenvalue weighted by molar-refractivity contribution is 5.94. The maximum Gasteiger partial charge on any atom is 0.246 e. The largest absolute Gasteiger partial charge is 0.356 e. The number of fused-ring (bicyclic) bond motifs is 1. The molecule has 5 atom stereocenters. The Labute approximate surface area is 271 Å². The first-order chi connectivity index (χ1) is 22.4. The molecule has 4 N–H and O–H groups in total. The molecule has 5 rings (SSSR count). The summed E-state index contributed by atoms with van der Waals surface area (Å²) in [7, 11) is 1.74. The van der Waals surface area contributed by atoms with Gasteiger partial charge in [0.25, 0.3) is 0 Å². The molecule has 3 aromatic rings. The SMILES string of the molecule is CNC(Cc1ccccc1)C(=O)NC1C(=O)N2[C@@H](CCC1CCNC(C)=O)CC[C@H]2C(=O)NC(c1ccccc1)c1ccccc1. The third kappa shape index (κ3) is 8.01. The Bertz CT molecular complexity index is 1430. The van der Waals surface area contributed by atoms with Crippen LogP contribution in [0.15, 0.2) is 91.0 Å². The van der Waals surface area contributed by atoms with Crippen molar-refractivity contribution in [2.45, 2.75) is 75.7 Å². The molecule has 0 spiro atoms. The summed E-state index contributed by atoms with van der Waals surface area (Å²) in [6, 6.07) is 26.9. The number of nitrogens with one attached hydrogen (secondary N) is 4. The summed E-state index contributed by atoms with van der Waals surface area (Å²) in [5, 5.41) is 12.3. The molecular formula is C37H45N5O4. The third-order valence-electron chi connectivity index (χ3n) is 9.35. The molecule has 46 heavy (non-hydrogen) atoms. The predicted octanol–water partition coefficient (Wildman–Crippen LogP) is 3.50. The van der Waals surface area contributed by atoms with E-state index in [2.05, 4.69) is 21.3 Å². The fourth-order valence-electron chi connectivity index (χ4n) is 6.93. The number of amides is 4. The van der Waals surface area contributed by atoms with Gasteiger partial charge in [-0.05, 0) is 68.2 Å². The summed E-state index contributed by atoms with van der Waals surface area (Å²) < 4.78 is 0. The van der Waals surface area contributed by atoms with E-state index >= 15 is 0 Å². The normalized spacial score (nSPS) is 21.6. The van der Waals surface area contributed by atoms with Crippen molar-refractivity contribution < 1.29 is 19.2 Å². The predicted molar refractivity (Wildman–Crippen MR) is 177 cm³/mol. The number of hydrogen-bond acceptors (Lipinski definition) is 5. The third-order valence-corrected chi connectivity index (χ3v) is 9.35. The van der Waals surface area contributed by atoms with Crippen LogP contribution in [0, 0.1) is 5.92 Å². The molecule has 2 saturated heterocycles. The second kappa shape index (κ2) is 15.7. The van der Waals surface area contributed by atoms with E-state index in [4.69, 9.17) is 0 Å². The van der Waals surface area contributed by atoms with E-state index < -0.39 is 18.1 Å². The standard InChI is InChI=1S/C37H45N5O4/c1-25(43)39-23-22-29-18-19-30-20-21-32(36(45)40-33(27-14-8-4-9-15-27)28-16-10-5-11-17-28)42(30)37(46)34(29)41-35(44)31(38-2)24-26-12-6-3-7-13-26/h3-17,29-34,38H,18-24H2,1-2H3,(H,39,43)(H,40,45)(H,41,44)/t29?,30-,31?,32-,34?/m0/s1. The Hall–Kier alpha value is -4.50. The van der Waals surface area contributed by atoms with Crippen LogP contribution in [0.2, 0.25) is 0 Å². The van der Waals surface area contributed by atoms with Gasteiger partial charge in [-0.3, -0.25) is 19.2 Å². The van der Waals surface area contributed by atoms with Crippen LogP contribution in [0.3, 0.4) is 0 Å². The highest BCUT2D eigenvalue weighted by Gasteiger charge is 2.48. The van der Waals surface area contributed by atoms with Gasteiger partial charge in [0.2, 0.25) is 23.6 Å². The Morgan fingerprint density at radius 3 is 2.00 bits per heavy atom. The van der Waals surface area contributed by atoms with E-state index in [0.29, 0.717) is 32.2 Å². The van der Waals surface area contributed by atoms with Crippen molar-refractivity contribution in [2.75, 3.05) is 13.6 Å². The zero-order valence-corrected chi connectivity index (χ0v) is 26.7. The van der Waals surface area contributed by atoms with Gasteiger partial charge in [0.15, 0.2) is 0 Å². The number of carbonyl (C=O) groups is 4. The Morgan fingerprint density at radius 1 is 0.826 bits per heavy atom. The van der Waals surface area contributed by atoms with Crippen LogP contribution in [0.1, 0.15) is 61.8 Å². The molecule has 9 heteroatoms. The first-order valence-electron chi connectivity index (χ1n) is 16.3. The van der Waals surface area contributed by atoms with Gasteiger partial charge in [-0.2, -0.15) is 0 Å². The number of benzene rings is 3. The second-order valence-electron chi connectivity index (χ2n) is 12.4. The van der Waals surface area contributed by atoms with E-state index in [1.54, 1.807) is 11.9 Å². The van der Waals surface area contributed by atoms with E-state index in [1.807, 2.05) is 91.0 Å². The molecule has 0 bridgehead atoms. The molecule has 3 aromatic carbocycles. The summed E-state index contributed by atoms with van der Waals surface area (Å²) in [5.74, 6) is -1.02. The molecule has 2 fully saturated rings. The highest BCUT2D eigenvalue weighted by Crippen LogP contribution is 2.35. The quantitative estimate of drug-likeness (QED) is 0.246. The minimum absolute atomic E-state index is 0.0928. The topological polar surface area (TPSA) is 120 Å². The van der Waals surface area contributed by atoms with Gasteiger partial charge >= 0.3 is 0 Å². The van der Waals surface area contributed by atoms with E-state index in [0.717, 1.165) is 29.5 Å². The van der Waals surface area contributed by atoms with Crippen molar-refractivity contribution in [3.05, 3.63) is 108 Å². The van der Waals surface area contributed by atoms with E-state index in [9.17, 15) is 19.2 Å². The molecule has 0 radical (unpaired) electrons. The van der Waals surface area contributed by atoms with Gasteiger partial charge < -0.3 is 26.2 Å². The average molecular weight is 624 g/mol. The molecular weight excluding hydrogens is 578 g/mol. The van der Waals surface area contributed by atoms with Crippen molar-refractivity contribution in [2.24, 2.45) is 5.92 Å². The highest BCUT2D eigenvalue weighted by atomic mass is 16.2. The number of carbonyl (C=O) groups excluding carboxylic acids is 4. The fourth-order valence-corrected chi connectivity index (χ4v) is 6.93. The first-order valence-corrected chi connectivity index (χ1v) is 16.3. The van der Waals surface area contributed by atoms with Crippen LogP contribution in [-0.2, 0) is 25.6 Å². The van der Waals surface area contributed by atoms with Gasteiger partial charge in [-0.25, -0.2) is 0 Å².